The zero-order valence-electron chi connectivity index (χ0n) is 11.1. The van der Waals surface area contributed by atoms with E-state index in [1.807, 2.05) is 31.0 Å². The number of aromatic nitrogens is 1. The SMILES string of the molecule is Cc1cc(N(C)Cc2cccc(F)c2)c(CO)cn1. The highest BCUT2D eigenvalue weighted by Crippen LogP contribution is 2.21. The van der Waals surface area contributed by atoms with E-state index in [2.05, 4.69) is 4.98 Å². The molecule has 1 aromatic carbocycles. The van der Waals surface area contributed by atoms with Gasteiger partial charge in [-0.15, -0.1) is 0 Å². The standard InChI is InChI=1S/C15H17FN2O/c1-11-6-15(13(10-19)8-17-11)18(2)9-12-4-3-5-14(16)7-12/h3-8,19H,9-10H2,1-2H3. The van der Waals surface area contributed by atoms with E-state index in [1.54, 1.807) is 12.3 Å². The van der Waals surface area contributed by atoms with Gasteiger partial charge >= 0.3 is 0 Å². The Labute approximate surface area is 112 Å². The third-order valence-electron chi connectivity index (χ3n) is 2.99. The van der Waals surface area contributed by atoms with Crippen LogP contribution in [-0.2, 0) is 13.2 Å². The maximum Gasteiger partial charge on any atom is 0.123 e. The second-order valence-corrected chi connectivity index (χ2v) is 4.60. The predicted octanol–water partition coefficient (Wildman–Crippen LogP) is 2.66. The lowest BCUT2D eigenvalue weighted by Gasteiger charge is -2.22. The van der Waals surface area contributed by atoms with Crippen LogP contribution in [0.3, 0.4) is 0 Å². The number of aliphatic hydroxyl groups excluding tert-OH is 1. The summed E-state index contributed by atoms with van der Waals surface area (Å²) in [5, 5.41) is 9.34. The maximum atomic E-state index is 13.2. The molecule has 0 amide bonds. The van der Waals surface area contributed by atoms with Gasteiger partial charge in [0.2, 0.25) is 0 Å². The number of anilines is 1. The van der Waals surface area contributed by atoms with E-state index in [0.717, 1.165) is 22.5 Å². The summed E-state index contributed by atoms with van der Waals surface area (Å²) in [5.41, 5.74) is 3.46. The molecule has 0 saturated carbocycles. The fraction of sp³-hybridized carbons (Fsp3) is 0.267. The largest absolute Gasteiger partial charge is 0.392 e. The van der Waals surface area contributed by atoms with Crippen LogP contribution in [0.2, 0.25) is 0 Å². The summed E-state index contributed by atoms with van der Waals surface area (Å²) in [7, 11) is 1.92. The van der Waals surface area contributed by atoms with E-state index in [4.69, 9.17) is 0 Å². The average molecular weight is 260 g/mol. The van der Waals surface area contributed by atoms with E-state index >= 15 is 0 Å². The molecule has 0 radical (unpaired) electrons. The summed E-state index contributed by atoms with van der Waals surface area (Å²) in [5.74, 6) is -0.237. The molecule has 0 aliphatic carbocycles. The number of pyridine rings is 1. The van der Waals surface area contributed by atoms with E-state index in [-0.39, 0.29) is 12.4 Å². The molecule has 3 nitrogen and oxygen atoms in total. The zero-order valence-corrected chi connectivity index (χ0v) is 11.1. The van der Waals surface area contributed by atoms with Gasteiger partial charge in [-0.1, -0.05) is 12.1 Å². The summed E-state index contributed by atoms with van der Waals surface area (Å²) < 4.78 is 13.2. The Morgan fingerprint density at radius 1 is 1.32 bits per heavy atom. The van der Waals surface area contributed by atoms with Gasteiger partial charge in [0.15, 0.2) is 0 Å². The van der Waals surface area contributed by atoms with Gasteiger partial charge in [0.25, 0.3) is 0 Å². The summed E-state index contributed by atoms with van der Waals surface area (Å²) in [4.78, 5) is 6.15. The first-order valence-corrected chi connectivity index (χ1v) is 6.12. The van der Waals surface area contributed by atoms with Gasteiger partial charge in [-0.05, 0) is 30.7 Å². The molecule has 1 aromatic heterocycles. The Morgan fingerprint density at radius 2 is 2.11 bits per heavy atom. The molecule has 0 spiro atoms. The summed E-state index contributed by atoms with van der Waals surface area (Å²) in [6, 6.07) is 8.45. The van der Waals surface area contributed by atoms with Crippen LogP contribution in [0.5, 0.6) is 0 Å². The number of hydrogen-bond donors (Lipinski definition) is 1. The maximum absolute atomic E-state index is 13.2. The Morgan fingerprint density at radius 3 is 2.79 bits per heavy atom. The van der Waals surface area contributed by atoms with Crippen molar-refractivity contribution in [3.63, 3.8) is 0 Å². The molecule has 1 N–H and O–H groups in total. The normalized spacial score (nSPS) is 10.5. The summed E-state index contributed by atoms with van der Waals surface area (Å²) in [6.45, 7) is 2.42. The molecule has 2 aromatic rings. The van der Waals surface area contributed by atoms with Crippen LogP contribution in [0.4, 0.5) is 10.1 Å². The highest BCUT2D eigenvalue weighted by atomic mass is 19.1. The Kier molecular flexibility index (Phi) is 4.12. The molecule has 100 valence electrons. The number of halogens is 1. The fourth-order valence-corrected chi connectivity index (χ4v) is 2.05. The molecule has 0 atom stereocenters. The van der Waals surface area contributed by atoms with Gasteiger partial charge in [0.1, 0.15) is 5.82 Å². The first-order chi connectivity index (χ1) is 9.10. The van der Waals surface area contributed by atoms with Crippen LogP contribution in [0.15, 0.2) is 36.5 Å². The third kappa shape index (κ3) is 3.29. The molecule has 4 heteroatoms. The minimum Gasteiger partial charge on any atom is -0.392 e. The van der Waals surface area contributed by atoms with Crippen molar-refractivity contribution in [2.24, 2.45) is 0 Å². The second-order valence-electron chi connectivity index (χ2n) is 4.60. The lowest BCUT2D eigenvalue weighted by atomic mass is 10.1. The molecule has 0 aliphatic heterocycles. The topological polar surface area (TPSA) is 36.4 Å². The number of nitrogens with zero attached hydrogens (tertiary/aromatic N) is 2. The zero-order chi connectivity index (χ0) is 13.8. The van der Waals surface area contributed by atoms with Crippen LogP contribution >= 0.6 is 0 Å². The molecule has 0 bridgehead atoms. The van der Waals surface area contributed by atoms with Crippen molar-refractivity contribution < 1.29 is 9.50 Å². The monoisotopic (exact) mass is 260 g/mol. The average Bonchev–Trinajstić information content (AvgIpc) is 2.38. The molecular formula is C15H17FN2O. The van der Waals surface area contributed by atoms with Crippen LogP contribution < -0.4 is 4.90 Å². The third-order valence-corrected chi connectivity index (χ3v) is 2.99. The number of aliphatic hydroxyl groups is 1. The molecular weight excluding hydrogens is 243 g/mol. The van der Waals surface area contributed by atoms with Gasteiger partial charge in [0, 0.05) is 36.7 Å². The molecule has 0 aliphatic rings. The lowest BCUT2D eigenvalue weighted by Crippen LogP contribution is -2.18. The van der Waals surface area contributed by atoms with Gasteiger partial charge in [0.05, 0.1) is 6.61 Å². The van der Waals surface area contributed by atoms with Crippen molar-refractivity contribution in [3.8, 4) is 0 Å². The molecule has 0 fully saturated rings. The Bertz CT molecular complexity index is 572. The van der Waals surface area contributed by atoms with Gasteiger partial charge in [-0.2, -0.15) is 0 Å². The van der Waals surface area contributed by atoms with Crippen LogP contribution in [-0.4, -0.2) is 17.1 Å². The minimum absolute atomic E-state index is 0.0594. The van der Waals surface area contributed by atoms with Crippen molar-refractivity contribution in [2.45, 2.75) is 20.1 Å². The van der Waals surface area contributed by atoms with E-state index in [0.29, 0.717) is 6.54 Å². The molecule has 2 rings (SSSR count). The second kappa shape index (κ2) is 5.80. The first-order valence-electron chi connectivity index (χ1n) is 6.12. The number of rotatable bonds is 4. The van der Waals surface area contributed by atoms with Crippen LogP contribution in [0, 0.1) is 12.7 Å². The fourth-order valence-electron chi connectivity index (χ4n) is 2.05. The quantitative estimate of drug-likeness (QED) is 0.918. The van der Waals surface area contributed by atoms with Crippen molar-refractivity contribution in [2.75, 3.05) is 11.9 Å². The van der Waals surface area contributed by atoms with Gasteiger partial charge in [-0.25, -0.2) is 4.39 Å². The Balaban J connectivity index is 2.24. The van der Waals surface area contributed by atoms with E-state index < -0.39 is 0 Å². The van der Waals surface area contributed by atoms with Crippen molar-refractivity contribution >= 4 is 5.69 Å². The minimum atomic E-state index is -0.237. The predicted molar refractivity (Wildman–Crippen MR) is 73.4 cm³/mol. The molecule has 0 unspecified atom stereocenters. The summed E-state index contributed by atoms with van der Waals surface area (Å²) in [6.07, 6.45) is 1.67. The number of benzene rings is 1. The van der Waals surface area contributed by atoms with Crippen LogP contribution in [0.1, 0.15) is 16.8 Å². The first kappa shape index (κ1) is 13.5. The number of hydrogen-bond acceptors (Lipinski definition) is 3. The highest BCUT2D eigenvalue weighted by Gasteiger charge is 2.09. The molecule has 1 heterocycles. The summed E-state index contributed by atoms with van der Waals surface area (Å²) >= 11 is 0. The van der Waals surface area contributed by atoms with Crippen LogP contribution in [0.25, 0.3) is 0 Å². The number of aryl methyl sites for hydroxylation is 1. The smallest absolute Gasteiger partial charge is 0.123 e. The van der Waals surface area contributed by atoms with E-state index in [9.17, 15) is 9.50 Å². The molecule has 0 saturated heterocycles. The van der Waals surface area contributed by atoms with Crippen molar-refractivity contribution in [1.82, 2.24) is 4.98 Å². The Hall–Kier alpha value is -1.94. The van der Waals surface area contributed by atoms with Gasteiger partial charge < -0.3 is 10.0 Å². The molecule has 19 heavy (non-hydrogen) atoms. The lowest BCUT2D eigenvalue weighted by molar-refractivity contribution is 0.281. The van der Waals surface area contributed by atoms with Crippen molar-refractivity contribution in [3.05, 3.63) is 59.2 Å². The van der Waals surface area contributed by atoms with Gasteiger partial charge in [-0.3, -0.25) is 4.98 Å². The highest BCUT2D eigenvalue weighted by molar-refractivity contribution is 5.53. The van der Waals surface area contributed by atoms with Crippen molar-refractivity contribution in [1.29, 1.82) is 0 Å². The van der Waals surface area contributed by atoms with E-state index in [1.165, 1.54) is 12.1 Å².